The molecule has 2 heterocycles. The first-order valence-electron chi connectivity index (χ1n) is 7.49. The molecule has 1 aromatic carbocycles. The van der Waals surface area contributed by atoms with Crippen LogP contribution in [0, 0.1) is 0 Å². The van der Waals surface area contributed by atoms with Crippen molar-refractivity contribution in [2.75, 3.05) is 13.6 Å². The van der Waals surface area contributed by atoms with Crippen LogP contribution in [0.1, 0.15) is 16.1 Å². The quantitative estimate of drug-likeness (QED) is 0.728. The topological polar surface area (TPSA) is 51.0 Å². The Hall–Kier alpha value is -2.95. The molecule has 0 aliphatic carbocycles. The van der Waals surface area contributed by atoms with Crippen LogP contribution >= 0.6 is 0 Å². The van der Waals surface area contributed by atoms with Gasteiger partial charge in [-0.2, -0.15) is 5.10 Å². The largest absolute Gasteiger partial charge is 0.340 e. The van der Waals surface area contributed by atoms with Gasteiger partial charge in [-0.05, 0) is 42.3 Å². The van der Waals surface area contributed by atoms with Crippen LogP contribution in [0.5, 0.6) is 0 Å². The second kappa shape index (κ2) is 6.87. The van der Waals surface area contributed by atoms with Gasteiger partial charge in [0.2, 0.25) is 0 Å². The van der Waals surface area contributed by atoms with Crippen molar-refractivity contribution in [1.82, 2.24) is 19.7 Å². The van der Waals surface area contributed by atoms with Crippen molar-refractivity contribution < 1.29 is 4.79 Å². The second-order valence-corrected chi connectivity index (χ2v) is 5.31. The number of nitrogens with zero attached hydrogens (tertiary/aromatic N) is 4. The third-order valence-corrected chi connectivity index (χ3v) is 3.66. The van der Waals surface area contributed by atoms with E-state index in [0.29, 0.717) is 12.2 Å². The minimum absolute atomic E-state index is 0.0752. The summed E-state index contributed by atoms with van der Waals surface area (Å²) in [4.78, 5) is 18.1. The molecule has 23 heavy (non-hydrogen) atoms. The summed E-state index contributed by atoms with van der Waals surface area (Å²) in [6, 6.07) is 15.4. The Labute approximate surface area is 135 Å². The molecule has 0 fully saturated rings. The fourth-order valence-electron chi connectivity index (χ4n) is 2.31. The summed E-state index contributed by atoms with van der Waals surface area (Å²) in [6.45, 7) is 0.640. The molecule has 0 spiro atoms. The Morgan fingerprint density at radius 1 is 1.09 bits per heavy atom. The lowest BCUT2D eigenvalue weighted by atomic mass is 10.2. The molecule has 116 valence electrons. The van der Waals surface area contributed by atoms with Gasteiger partial charge in [0.05, 0.1) is 5.69 Å². The number of hydrogen-bond acceptors (Lipinski definition) is 3. The van der Waals surface area contributed by atoms with Gasteiger partial charge in [-0.1, -0.05) is 18.2 Å². The molecule has 0 aliphatic rings. The van der Waals surface area contributed by atoms with Gasteiger partial charge in [0, 0.05) is 32.2 Å². The van der Waals surface area contributed by atoms with Crippen molar-refractivity contribution in [2.24, 2.45) is 0 Å². The summed E-state index contributed by atoms with van der Waals surface area (Å²) >= 11 is 0. The van der Waals surface area contributed by atoms with Crippen LogP contribution in [0.15, 0.2) is 67.1 Å². The molecule has 0 atom stereocenters. The molecule has 1 amide bonds. The zero-order chi connectivity index (χ0) is 16.1. The number of para-hydroxylation sites is 1. The molecule has 0 saturated heterocycles. The first-order valence-corrected chi connectivity index (χ1v) is 7.49. The van der Waals surface area contributed by atoms with Crippen LogP contribution in [0.2, 0.25) is 0 Å². The van der Waals surface area contributed by atoms with Gasteiger partial charge in [0.25, 0.3) is 5.91 Å². The maximum atomic E-state index is 12.4. The lowest BCUT2D eigenvalue weighted by Crippen LogP contribution is -2.29. The molecule has 3 rings (SSSR count). The smallest absolute Gasteiger partial charge is 0.274 e. The lowest BCUT2D eigenvalue weighted by Gasteiger charge is -2.15. The zero-order valence-corrected chi connectivity index (χ0v) is 13.0. The minimum Gasteiger partial charge on any atom is -0.340 e. The van der Waals surface area contributed by atoms with Gasteiger partial charge >= 0.3 is 0 Å². The highest BCUT2D eigenvalue weighted by atomic mass is 16.2. The van der Waals surface area contributed by atoms with Gasteiger partial charge in [-0.3, -0.25) is 9.78 Å². The lowest BCUT2D eigenvalue weighted by molar-refractivity contribution is 0.0790. The number of amides is 1. The standard InChI is InChI=1S/C18H18N4O/c1-21(13-9-15-7-11-19-12-8-15)18(23)17-10-14-22(20-17)16-5-3-2-4-6-16/h2-8,10-12,14H,9,13H2,1H3. The number of carbonyl (C=O) groups is 1. The third-order valence-electron chi connectivity index (χ3n) is 3.66. The molecule has 5 nitrogen and oxygen atoms in total. The van der Waals surface area contributed by atoms with Crippen molar-refractivity contribution >= 4 is 5.91 Å². The highest BCUT2D eigenvalue weighted by Crippen LogP contribution is 2.09. The summed E-state index contributed by atoms with van der Waals surface area (Å²) in [5, 5.41) is 4.37. The number of hydrogen-bond donors (Lipinski definition) is 0. The Morgan fingerprint density at radius 2 is 1.83 bits per heavy atom. The number of likely N-dealkylation sites (N-methyl/N-ethyl adjacent to an activating group) is 1. The van der Waals surface area contributed by atoms with Gasteiger partial charge < -0.3 is 4.90 Å². The monoisotopic (exact) mass is 306 g/mol. The van der Waals surface area contributed by atoms with Crippen molar-refractivity contribution in [3.8, 4) is 5.69 Å². The van der Waals surface area contributed by atoms with E-state index in [1.54, 1.807) is 41.3 Å². The fraction of sp³-hybridized carbons (Fsp3) is 0.167. The Kier molecular flexibility index (Phi) is 4.47. The Bertz CT molecular complexity index is 768. The van der Waals surface area contributed by atoms with Crippen molar-refractivity contribution in [2.45, 2.75) is 6.42 Å². The molecular formula is C18H18N4O. The SMILES string of the molecule is CN(CCc1ccncc1)C(=O)c1ccn(-c2ccccc2)n1. The maximum absolute atomic E-state index is 12.4. The predicted molar refractivity (Wildman–Crippen MR) is 88.5 cm³/mol. The van der Waals surface area contributed by atoms with E-state index in [2.05, 4.69) is 10.1 Å². The normalized spacial score (nSPS) is 10.5. The summed E-state index contributed by atoms with van der Waals surface area (Å²) in [6.07, 6.45) is 6.13. The molecule has 0 radical (unpaired) electrons. The molecule has 3 aromatic rings. The van der Waals surface area contributed by atoms with Crippen molar-refractivity contribution in [3.05, 3.63) is 78.4 Å². The Morgan fingerprint density at radius 3 is 2.57 bits per heavy atom. The van der Waals surface area contributed by atoms with E-state index in [1.807, 2.05) is 42.5 Å². The van der Waals surface area contributed by atoms with Gasteiger partial charge in [0.15, 0.2) is 5.69 Å². The molecule has 0 bridgehead atoms. The third kappa shape index (κ3) is 3.63. The van der Waals surface area contributed by atoms with E-state index in [0.717, 1.165) is 17.7 Å². The van der Waals surface area contributed by atoms with Crippen LogP contribution in [0.4, 0.5) is 0 Å². The molecule has 0 unspecified atom stereocenters. The number of benzene rings is 1. The number of pyridine rings is 1. The van der Waals surface area contributed by atoms with Crippen LogP contribution in [-0.2, 0) is 6.42 Å². The average Bonchev–Trinajstić information content (AvgIpc) is 3.11. The molecule has 0 N–H and O–H groups in total. The van der Waals surface area contributed by atoms with Crippen LogP contribution < -0.4 is 0 Å². The van der Waals surface area contributed by atoms with Crippen molar-refractivity contribution in [3.63, 3.8) is 0 Å². The van der Waals surface area contributed by atoms with E-state index < -0.39 is 0 Å². The Balaban J connectivity index is 1.65. The second-order valence-electron chi connectivity index (χ2n) is 5.31. The highest BCUT2D eigenvalue weighted by Gasteiger charge is 2.15. The van der Waals surface area contributed by atoms with E-state index in [-0.39, 0.29) is 5.91 Å². The molecule has 2 aromatic heterocycles. The number of carbonyl (C=O) groups excluding carboxylic acids is 1. The zero-order valence-electron chi connectivity index (χ0n) is 13.0. The van der Waals surface area contributed by atoms with Gasteiger partial charge in [0.1, 0.15) is 0 Å². The molecular weight excluding hydrogens is 288 g/mol. The van der Waals surface area contributed by atoms with E-state index in [9.17, 15) is 4.79 Å². The molecule has 0 aliphatic heterocycles. The summed E-state index contributed by atoms with van der Waals surface area (Å²) in [7, 11) is 1.80. The summed E-state index contributed by atoms with van der Waals surface area (Å²) in [5.41, 5.74) is 2.55. The fourth-order valence-corrected chi connectivity index (χ4v) is 2.31. The van der Waals surface area contributed by atoms with E-state index in [1.165, 1.54) is 0 Å². The predicted octanol–water partition coefficient (Wildman–Crippen LogP) is 2.58. The number of aromatic nitrogens is 3. The molecule has 5 heteroatoms. The van der Waals surface area contributed by atoms with Crippen molar-refractivity contribution in [1.29, 1.82) is 0 Å². The minimum atomic E-state index is -0.0752. The van der Waals surface area contributed by atoms with Crippen LogP contribution in [0.3, 0.4) is 0 Å². The first kappa shape index (κ1) is 15.0. The van der Waals surface area contributed by atoms with Crippen LogP contribution in [0.25, 0.3) is 5.69 Å². The van der Waals surface area contributed by atoms with E-state index in [4.69, 9.17) is 0 Å². The summed E-state index contributed by atoms with van der Waals surface area (Å²) < 4.78 is 1.71. The highest BCUT2D eigenvalue weighted by molar-refractivity contribution is 5.92. The van der Waals surface area contributed by atoms with Crippen LogP contribution in [-0.4, -0.2) is 39.2 Å². The van der Waals surface area contributed by atoms with Gasteiger partial charge in [-0.15, -0.1) is 0 Å². The average molecular weight is 306 g/mol. The summed E-state index contributed by atoms with van der Waals surface area (Å²) in [5.74, 6) is -0.0752. The number of rotatable bonds is 5. The maximum Gasteiger partial charge on any atom is 0.274 e. The van der Waals surface area contributed by atoms with E-state index >= 15 is 0 Å². The first-order chi connectivity index (χ1) is 11.2. The molecule has 0 saturated carbocycles. The van der Waals surface area contributed by atoms with Gasteiger partial charge in [-0.25, -0.2) is 4.68 Å².